The molecule has 0 unspecified atom stereocenters. The molecule has 1 atom stereocenters. The Labute approximate surface area is 146 Å². The van der Waals surface area contributed by atoms with Crippen molar-refractivity contribution in [2.45, 2.75) is 53.0 Å². The zero-order valence-corrected chi connectivity index (χ0v) is 15.5. The Morgan fingerprint density at radius 1 is 1.04 bits per heavy atom. The standard InChI is InChI=1S/C21H31NO2/c1-17(2)10-8-14-22-20(16-19-12-6-5-7-13-19)21(23)24-15-9-11-18(3)4/h5-7,10-13,20,22H,8-9,14-16H2,1-4H3/t20-/m0/s1. The summed E-state index contributed by atoms with van der Waals surface area (Å²) in [5.41, 5.74) is 3.67. The lowest BCUT2D eigenvalue weighted by Gasteiger charge is -2.17. The van der Waals surface area contributed by atoms with Gasteiger partial charge in [-0.1, -0.05) is 53.6 Å². The van der Waals surface area contributed by atoms with Crippen LogP contribution in [0.5, 0.6) is 0 Å². The van der Waals surface area contributed by atoms with Crippen molar-refractivity contribution in [1.29, 1.82) is 0 Å². The highest BCUT2D eigenvalue weighted by molar-refractivity contribution is 5.76. The first-order valence-corrected chi connectivity index (χ1v) is 8.69. The van der Waals surface area contributed by atoms with E-state index in [1.54, 1.807) is 0 Å². The third-order valence-electron chi connectivity index (χ3n) is 3.57. The van der Waals surface area contributed by atoms with Crippen molar-refractivity contribution in [3.05, 3.63) is 59.2 Å². The smallest absolute Gasteiger partial charge is 0.323 e. The second-order valence-corrected chi connectivity index (χ2v) is 6.50. The van der Waals surface area contributed by atoms with Gasteiger partial charge in [0.2, 0.25) is 0 Å². The molecule has 0 aliphatic carbocycles. The number of hydrogen-bond donors (Lipinski definition) is 1. The topological polar surface area (TPSA) is 38.3 Å². The molecule has 0 bridgehead atoms. The van der Waals surface area contributed by atoms with Gasteiger partial charge in [-0.25, -0.2) is 0 Å². The molecule has 132 valence electrons. The minimum Gasteiger partial charge on any atom is -0.464 e. The largest absolute Gasteiger partial charge is 0.464 e. The van der Waals surface area contributed by atoms with Crippen LogP contribution in [0.2, 0.25) is 0 Å². The Balaban J connectivity index is 2.56. The van der Waals surface area contributed by atoms with Crippen molar-refractivity contribution in [3.8, 4) is 0 Å². The van der Waals surface area contributed by atoms with E-state index in [1.807, 2.05) is 44.2 Å². The molecule has 0 fully saturated rings. The molecule has 0 heterocycles. The summed E-state index contributed by atoms with van der Waals surface area (Å²) >= 11 is 0. The highest BCUT2D eigenvalue weighted by Crippen LogP contribution is 2.06. The number of esters is 1. The average Bonchev–Trinajstić information content (AvgIpc) is 2.54. The van der Waals surface area contributed by atoms with E-state index in [1.165, 1.54) is 11.1 Å². The molecule has 1 rings (SSSR count). The molecule has 0 radical (unpaired) electrons. The fourth-order valence-corrected chi connectivity index (χ4v) is 2.31. The first-order valence-electron chi connectivity index (χ1n) is 8.69. The molecule has 0 spiro atoms. The van der Waals surface area contributed by atoms with Crippen molar-refractivity contribution in [2.75, 3.05) is 13.2 Å². The molecule has 1 N–H and O–H groups in total. The fraction of sp³-hybridized carbons (Fsp3) is 0.476. The maximum absolute atomic E-state index is 12.4. The quantitative estimate of drug-likeness (QED) is 0.392. The number of rotatable bonds is 10. The van der Waals surface area contributed by atoms with Gasteiger partial charge in [0, 0.05) is 0 Å². The molecule has 0 aliphatic rings. The van der Waals surface area contributed by atoms with E-state index in [-0.39, 0.29) is 12.0 Å². The molecule has 24 heavy (non-hydrogen) atoms. The third-order valence-corrected chi connectivity index (χ3v) is 3.57. The second kappa shape index (κ2) is 11.6. The number of hydrogen-bond acceptors (Lipinski definition) is 3. The van der Waals surface area contributed by atoms with Gasteiger partial charge < -0.3 is 10.1 Å². The summed E-state index contributed by atoms with van der Waals surface area (Å²) in [5, 5.41) is 3.34. The predicted octanol–water partition coefficient (Wildman–Crippen LogP) is 4.44. The maximum atomic E-state index is 12.4. The van der Waals surface area contributed by atoms with Gasteiger partial charge in [0.25, 0.3) is 0 Å². The molecule has 1 aromatic carbocycles. The fourth-order valence-electron chi connectivity index (χ4n) is 2.31. The van der Waals surface area contributed by atoms with Crippen molar-refractivity contribution >= 4 is 5.97 Å². The van der Waals surface area contributed by atoms with Gasteiger partial charge >= 0.3 is 5.97 Å². The van der Waals surface area contributed by atoms with Crippen LogP contribution in [0.15, 0.2) is 53.6 Å². The van der Waals surface area contributed by atoms with Crippen LogP contribution in [0.4, 0.5) is 0 Å². The van der Waals surface area contributed by atoms with E-state index in [0.29, 0.717) is 13.0 Å². The zero-order valence-electron chi connectivity index (χ0n) is 15.5. The Bertz CT molecular complexity index is 538. The molecule has 3 nitrogen and oxygen atoms in total. The average molecular weight is 329 g/mol. The molecule has 0 saturated carbocycles. The van der Waals surface area contributed by atoms with E-state index in [9.17, 15) is 4.79 Å². The normalized spacial score (nSPS) is 11.5. The number of allylic oxidation sites excluding steroid dienone is 2. The lowest BCUT2D eigenvalue weighted by atomic mass is 10.1. The lowest BCUT2D eigenvalue weighted by molar-refractivity contribution is -0.146. The summed E-state index contributed by atoms with van der Waals surface area (Å²) in [6.45, 7) is 9.46. The van der Waals surface area contributed by atoms with Crippen molar-refractivity contribution < 1.29 is 9.53 Å². The molecule has 0 saturated heterocycles. The van der Waals surface area contributed by atoms with Crippen LogP contribution >= 0.6 is 0 Å². The summed E-state index contributed by atoms with van der Waals surface area (Å²) in [4.78, 5) is 12.4. The van der Waals surface area contributed by atoms with E-state index in [0.717, 1.165) is 24.9 Å². The van der Waals surface area contributed by atoms with Gasteiger partial charge in [-0.2, -0.15) is 0 Å². The summed E-state index contributed by atoms with van der Waals surface area (Å²) in [6, 6.07) is 9.76. The number of carbonyl (C=O) groups excluding carboxylic acids is 1. The molecule has 0 aliphatic heterocycles. The van der Waals surface area contributed by atoms with Crippen LogP contribution in [-0.4, -0.2) is 25.2 Å². The minimum atomic E-state index is -0.301. The van der Waals surface area contributed by atoms with Crippen LogP contribution in [0.25, 0.3) is 0 Å². The van der Waals surface area contributed by atoms with Gasteiger partial charge in [-0.15, -0.1) is 0 Å². The van der Waals surface area contributed by atoms with Gasteiger partial charge in [-0.3, -0.25) is 4.79 Å². The van der Waals surface area contributed by atoms with Crippen molar-refractivity contribution in [1.82, 2.24) is 5.32 Å². The van der Waals surface area contributed by atoms with E-state index >= 15 is 0 Å². The van der Waals surface area contributed by atoms with Crippen molar-refractivity contribution in [3.63, 3.8) is 0 Å². The van der Waals surface area contributed by atoms with Gasteiger partial charge in [0.1, 0.15) is 6.04 Å². The highest BCUT2D eigenvalue weighted by atomic mass is 16.5. The van der Waals surface area contributed by atoms with Gasteiger partial charge in [0.05, 0.1) is 6.61 Å². The van der Waals surface area contributed by atoms with Crippen LogP contribution in [0.1, 0.15) is 46.1 Å². The predicted molar refractivity (Wildman–Crippen MR) is 101 cm³/mol. The number of ether oxygens (including phenoxy) is 1. The maximum Gasteiger partial charge on any atom is 0.323 e. The Morgan fingerprint density at radius 2 is 1.67 bits per heavy atom. The monoisotopic (exact) mass is 329 g/mol. The molecule has 1 aromatic rings. The minimum absolute atomic E-state index is 0.168. The molecular formula is C21H31NO2. The number of benzene rings is 1. The van der Waals surface area contributed by atoms with Gasteiger partial charge in [-0.05, 0) is 59.1 Å². The van der Waals surface area contributed by atoms with E-state index in [4.69, 9.17) is 4.74 Å². The first kappa shape index (κ1) is 20.2. The first-order chi connectivity index (χ1) is 11.5. The summed E-state index contributed by atoms with van der Waals surface area (Å²) in [5.74, 6) is -0.168. The number of carbonyl (C=O) groups is 1. The van der Waals surface area contributed by atoms with Crippen LogP contribution in [0.3, 0.4) is 0 Å². The molecule has 3 heteroatoms. The summed E-state index contributed by atoms with van der Waals surface area (Å²) < 4.78 is 5.44. The molecule has 0 amide bonds. The third kappa shape index (κ3) is 9.31. The Morgan fingerprint density at radius 3 is 2.29 bits per heavy atom. The van der Waals surface area contributed by atoms with Crippen LogP contribution < -0.4 is 5.32 Å². The Kier molecular flexibility index (Phi) is 9.78. The van der Waals surface area contributed by atoms with Crippen LogP contribution in [0, 0.1) is 0 Å². The zero-order chi connectivity index (χ0) is 17.8. The summed E-state index contributed by atoms with van der Waals surface area (Å²) in [7, 11) is 0. The highest BCUT2D eigenvalue weighted by Gasteiger charge is 2.19. The van der Waals surface area contributed by atoms with Crippen molar-refractivity contribution in [2.24, 2.45) is 0 Å². The number of nitrogens with one attached hydrogen (secondary N) is 1. The Hall–Kier alpha value is -1.87. The van der Waals surface area contributed by atoms with E-state index in [2.05, 4.69) is 31.3 Å². The second-order valence-electron chi connectivity index (χ2n) is 6.50. The molecular weight excluding hydrogens is 298 g/mol. The van der Waals surface area contributed by atoms with Crippen LogP contribution in [-0.2, 0) is 16.0 Å². The molecule has 0 aromatic heterocycles. The lowest BCUT2D eigenvalue weighted by Crippen LogP contribution is -2.40. The van der Waals surface area contributed by atoms with E-state index < -0.39 is 0 Å². The van der Waals surface area contributed by atoms with Gasteiger partial charge in [0.15, 0.2) is 0 Å². The SMILES string of the molecule is CC(C)=CCCN[C@@H](Cc1ccccc1)C(=O)OCCC=C(C)C. The summed E-state index contributed by atoms with van der Waals surface area (Å²) in [6.07, 6.45) is 6.59.